The van der Waals surface area contributed by atoms with Crippen molar-refractivity contribution in [3.05, 3.63) is 24.1 Å². The summed E-state index contributed by atoms with van der Waals surface area (Å²) >= 11 is 0. The predicted octanol–water partition coefficient (Wildman–Crippen LogP) is 1.44. The number of nitrogens with zero attached hydrogens (tertiary/aromatic N) is 1. The molecule has 0 aliphatic carbocycles. The smallest absolute Gasteiger partial charge is 0.159 e. The fraction of sp³-hybridized carbons (Fsp3) is 0.444. The van der Waals surface area contributed by atoms with Gasteiger partial charge in [-0.2, -0.15) is 0 Å². The summed E-state index contributed by atoms with van der Waals surface area (Å²) in [6.45, 7) is 1.13. The Morgan fingerprint density at radius 1 is 1.67 bits per heavy atom. The molecule has 1 aliphatic heterocycles. The van der Waals surface area contributed by atoms with E-state index in [1.807, 2.05) is 12.1 Å². The van der Waals surface area contributed by atoms with E-state index in [9.17, 15) is 0 Å². The van der Waals surface area contributed by atoms with E-state index >= 15 is 0 Å². The van der Waals surface area contributed by atoms with Crippen LogP contribution in [0.25, 0.3) is 6.08 Å². The summed E-state index contributed by atoms with van der Waals surface area (Å²) in [6, 6.07) is 2.38. The fourth-order valence-corrected chi connectivity index (χ4v) is 1.40. The van der Waals surface area contributed by atoms with Crippen molar-refractivity contribution in [1.29, 1.82) is 0 Å². The molecule has 0 bridgehead atoms. The van der Waals surface area contributed by atoms with E-state index < -0.39 is 0 Å². The van der Waals surface area contributed by atoms with Crippen molar-refractivity contribution in [2.75, 3.05) is 6.54 Å². The summed E-state index contributed by atoms with van der Waals surface area (Å²) in [5.74, 6) is 0.823. The molecule has 1 aromatic heterocycles. The Balaban J connectivity index is 1.93. The first-order valence-electron chi connectivity index (χ1n) is 4.27. The van der Waals surface area contributed by atoms with E-state index in [1.54, 1.807) is 6.20 Å². The SMILES string of the molecule is C(=CC1CCCN1)c1ccno1. The van der Waals surface area contributed by atoms with Crippen molar-refractivity contribution in [1.82, 2.24) is 10.5 Å². The first kappa shape index (κ1) is 7.55. The fourth-order valence-electron chi connectivity index (χ4n) is 1.40. The lowest BCUT2D eigenvalue weighted by atomic mass is 10.2. The lowest BCUT2D eigenvalue weighted by molar-refractivity contribution is 0.412. The Morgan fingerprint density at radius 2 is 2.67 bits per heavy atom. The molecule has 1 atom stereocenters. The summed E-state index contributed by atoms with van der Waals surface area (Å²) in [5.41, 5.74) is 0. The Hall–Kier alpha value is -1.09. The van der Waals surface area contributed by atoms with Crippen LogP contribution < -0.4 is 5.32 Å². The molecule has 0 amide bonds. The molecule has 2 rings (SSSR count). The van der Waals surface area contributed by atoms with Crippen molar-refractivity contribution in [3.63, 3.8) is 0 Å². The quantitative estimate of drug-likeness (QED) is 0.718. The normalized spacial score (nSPS) is 23.8. The minimum Gasteiger partial charge on any atom is -0.357 e. The monoisotopic (exact) mass is 164 g/mol. The zero-order valence-electron chi connectivity index (χ0n) is 6.86. The highest BCUT2D eigenvalue weighted by Gasteiger charge is 2.09. The highest BCUT2D eigenvalue weighted by molar-refractivity contribution is 5.42. The zero-order chi connectivity index (χ0) is 8.23. The van der Waals surface area contributed by atoms with Gasteiger partial charge >= 0.3 is 0 Å². The van der Waals surface area contributed by atoms with Crippen LogP contribution >= 0.6 is 0 Å². The van der Waals surface area contributed by atoms with Gasteiger partial charge in [-0.3, -0.25) is 0 Å². The second kappa shape index (κ2) is 3.54. The number of aromatic nitrogens is 1. The second-order valence-corrected chi connectivity index (χ2v) is 2.98. The van der Waals surface area contributed by atoms with E-state index in [2.05, 4.69) is 16.5 Å². The molecule has 64 valence electrons. The van der Waals surface area contributed by atoms with Crippen LogP contribution in [0.15, 0.2) is 22.9 Å². The van der Waals surface area contributed by atoms with Gasteiger partial charge in [-0.1, -0.05) is 11.2 Å². The topological polar surface area (TPSA) is 38.1 Å². The third-order valence-corrected chi connectivity index (χ3v) is 2.05. The van der Waals surface area contributed by atoms with Crippen LogP contribution in [0.1, 0.15) is 18.6 Å². The van der Waals surface area contributed by atoms with E-state index in [4.69, 9.17) is 4.52 Å². The van der Waals surface area contributed by atoms with Gasteiger partial charge in [0.2, 0.25) is 0 Å². The van der Waals surface area contributed by atoms with Crippen LogP contribution in [0.2, 0.25) is 0 Å². The summed E-state index contributed by atoms with van der Waals surface area (Å²) in [6.07, 6.45) is 8.25. The van der Waals surface area contributed by atoms with Crippen LogP contribution in [-0.4, -0.2) is 17.7 Å². The number of hydrogen-bond acceptors (Lipinski definition) is 3. The van der Waals surface area contributed by atoms with E-state index in [0.717, 1.165) is 12.3 Å². The predicted molar refractivity (Wildman–Crippen MR) is 46.6 cm³/mol. The average Bonchev–Trinajstić information content (AvgIpc) is 2.74. The van der Waals surface area contributed by atoms with Crippen LogP contribution in [0.5, 0.6) is 0 Å². The summed E-state index contributed by atoms with van der Waals surface area (Å²) < 4.78 is 4.93. The molecular formula is C9H12N2O. The first-order valence-corrected chi connectivity index (χ1v) is 4.27. The molecule has 1 unspecified atom stereocenters. The van der Waals surface area contributed by atoms with Gasteiger partial charge in [0.1, 0.15) is 0 Å². The van der Waals surface area contributed by atoms with Crippen molar-refractivity contribution in [2.24, 2.45) is 0 Å². The number of nitrogens with one attached hydrogen (secondary N) is 1. The highest BCUT2D eigenvalue weighted by Crippen LogP contribution is 2.08. The third-order valence-electron chi connectivity index (χ3n) is 2.05. The molecule has 1 N–H and O–H groups in total. The third kappa shape index (κ3) is 1.74. The first-order chi connectivity index (χ1) is 5.95. The Bertz CT molecular complexity index is 248. The zero-order valence-corrected chi connectivity index (χ0v) is 6.86. The van der Waals surface area contributed by atoms with Gasteiger partial charge in [0.05, 0.1) is 6.20 Å². The molecule has 2 heterocycles. The number of rotatable bonds is 2. The van der Waals surface area contributed by atoms with Gasteiger partial charge in [-0.05, 0) is 25.5 Å². The van der Waals surface area contributed by atoms with Crippen molar-refractivity contribution in [3.8, 4) is 0 Å². The lowest BCUT2D eigenvalue weighted by Gasteiger charge is -2.00. The Labute approximate surface area is 71.4 Å². The molecule has 3 heteroatoms. The second-order valence-electron chi connectivity index (χ2n) is 2.98. The van der Waals surface area contributed by atoms with Crippen LogP contribution in [-0.2, 0) is 0 Å². The molecule has 1 aliphatic rings. The minimum absolute atomic E-state index is 0.523. The molecule has 12 heavy (non-hydrogen) atoms. The van der Waals surface area contributed by atoms with E-state index in [1.165, 1.54) is 12.8 Å². The van der Waals surface area contributed by atoms with Crippen LogP contribution in [0, 0.1) is 0 Å². The van der Waals surface area contributed by atoms with Gasteiger partial charge in [0, 0.05) is 12.1 Å². The maximum Gasteiger partial charge on any atom is 0.159 e. The van der Waals surface area contributed by atoms with Gasteiger partial charge in [-0.25, -0.2) is 0 Å². The maximum atomic E-state index is 4.93. The highest BCUT2D eigenvalue weighted by atomic mass is 16.5. The maximum absolute atomic E-state index is 4.93. The molecule has 1 fully saturated rings. The van der Waals surface area contributed by atoms with E-state index in [-0.39, 0.29) is 0 Å². The van der Waals surface area contributed by atoms with Gasteiger partial charge in [-0.15, -0.1) is 0 Å². The summed E-state index contributed by atoms with van der Waals surface area (Å²) in [7, 11) is 0. The lowest BCUT2D eigenvalue weighted by Crippen LogP contribution is -2.17. The molecule has 1 saturated heterocycles. The molecule has 3 nitrogen and oxygen atoms in total. The molecule has 0 saturated carbocycles. The number of hydrogen-bond donors (Lipinski definition) is 1. The standard InChI is InChI=1S/C9H12N2O/c1-2-8(10-6-1)3-4-9-5-7-11-12-9/h3-5,7-8,10H,1-2,6H2. The molecule has 0 spiro atoms. The Kier molecular flexibility index (Phi) is 2.23. The van der Waals surface area contributed by atoms with Gasteiger partial charge in [0.15, 0.2) is 5.76 Å². The Morgan fingerprint density at radius 3 is 3.33 bits per heavy atom. The van der Waals surface area contributed by atoms with Crippen molar-refractivity contribution >= 4 is 6.08 Å². The molecule has 1 aromatic rings. The van der Waals surface area contributed by atoms with Gasteiger partial charge < -0.3 is 9.84 Å². The average molecular weight is 164 g/mol. The van der Waals surface area contributed by atoms with Crippen LogP contribution in [0.3, 0.4) is 0 Å². The summed E-state index contributed by atoms with van der Waals surface area (Å²) in [4.78, 5) is 0. The molecular weight excluding hydrogens is 152 g/mol. The summed E-state index contributed by atoms with van der Waals surface area (Å²) in [5, 5.41) is 6.99. The van der Waals surface area contributed by atoms with Crippen molar-refractivity contribution in [2.45, 2.75) is 18.9 Å². The van der Waals surface area contributed by atoms with Crippen molar-refractivity contribution < 1.29 is 4.52 Å². The minimum atomic E-state index is 0.523. The largest absolute Gasteiger partial charge is 0.357 e. The van der Waals surface area contributed by atoms with Gasteiger partial charge in [0.25, 0.3) is 0 Å². The molecule has 0 aromatic carbocycles. The van der Waals surface area contributed by atoms with E-state index in [0.29, 0.717) is 6.04 Å². The van der Waals surface area contributed by atoms with Crippen LogP contribution in [0.4, 0.5) is 0 Å². The molecule has 0 radical (unpaired) electrons.